The van der Waals surface area contributed by atoms with Crippen LogP contribution in [0.3, 0.4) is 0 Å². The molecule has 4 aliphatic rings. The minimum atomic E-state index is -0.0425. The molecule has 0 spiro atoms. The average Bonchev–Trinajstić information content (AvgIpc) is 2.97. The Balaban J connectivity index is 1.50. The third kappa shape index (κ3) is 2.87. The van der Waals surface area contributed by atoms with Gasteiger partial charge in [-0.15, -0.1) is 0 Å². The molecule has 2 heteroatoms. The fraction of sp³-hybridized carbons (Fsp3) is 0.875. The third-order valence-corrected chi connectivity index (χ3v) is 9.30. The maximum absolute atomic E-state index is 11.5. The van der Waals surface area contributed by atoms with E-state index in [2.05, 4.69) is 19.9 Å². The molecule has 4 rings (SSSR count). The first-order valence-electron chi connectivity index (χ1n) is 11.3. The van der Waals surface area contributed by atoms with Crippen molar-refractivity contribution in [2.45, 2.75) is 90.9 Å². The molecule has 3 saturated carbocycles. The lowest BCUT2D eigenvalue weighted by molar-refractivity contribution is -0.140. The zero-order valence-electron chi connectivity index (χ0n) is 17.2. The number of rotatable bonds is 4. The first-order chi connectivity index (χ1) is 12.5. The Hall–Kier alpha value is -0.790. The van der Waals surface area contributed by atoms with Crippen LogP contribution in [0.1, 0.15) is 90.9 Å². The molecule has 0 aliphatic heterocycles. The monoisotopic (exact) mass is 358 g/mol. The van der Waals surface area contributed by atoms with Gasteiger partial charge in [0, 0.05) is 6.42 Å². The molecule has 0 saturated heterocycles. The summed E-state index contributed by atoms with van der Waals surface area (Å²) in [5.41, 5.74) is 2.87. The summed E-state index contributed by atoms with van der Waals surface area (Å²) in [6, 6.07) is 0. The van der Waals surface area contributed by atoms with Crippen LogP contribution in [0, 0.1) is 34.5 Å². The van der Waals surface area contributed by atoms with Gasteiger partial charge in [0.05, 0.1) is 7.11 Å². The van der Waals surface area contributed by atoms with Gasteiger partial charge in [-0.05, 0) is 92.3 Å². The molecule has 0 aromatic carbocycles. The lowest BCUT2D eigenvalue weighted by Crippen LogP contribution is -2.46. The highest BCUT2D eigenvalue weighted by atomic mass is 16.5. The van der Waals surface area contributed by atoms with Crippen molar-refractivity contribution in [2.24, 2.45) is 34.5 Å². The van der Waals surface area contributed by atoms with E-state index >= 15 is 0 Å². The van der Waals surface area contributed by atoms with Crippen molar-refractivity contribution in [3.05, 3.63) is 11.6 Å². The van der Waals surface area contributed by atoms with E-state index in [1.807, 2.05) is 5.57 Å². The van der Waals surface area contributed by atoms with Gasteiger partial charge in [-0.2, -0.15) is 0 Å². The Kier molecular flexibility index (Phi) is 4.99. The molecule has 0 aromatic heterocycles. The minimum Gasteiger partial charge on any atom is -0.469 e. The standard InChI is InChI=1S/C24H38O2/c1-23-15-5-4-7-17(23)10-12-19-20-13-11-18(8-6-9-22(25)26-3)24(20,2)16-14-21(19)23/h14,17-20H,4-13,15-16H2,1-3H3. The van der Waals surface area contributed by atoms with Gasteiger partial charge in [0.2, 0.25) is 0 Å². The van der Waals surface area contributed by atoms with Crippen LogP contribution in [0.4, 0.5) is 0 Å². The zero-order valence-corrected chi connectivity index (χ0v) is 17.2. The summed E-state index contributed by atoms with van der Waals surface area (Å²) in [5, 5.41) is 0. The number of esters is 1. The number of hydrogen-bond acceptors (Lipinski definition) is 2. The maximum Gasteiger partial charge on any atom is 0.305 e. The summed E-state index contributed by atoms with van der Waals surface area (Å²) in [6.45, 7) is 5.19. The second-order valence-electron chi connectivity index (χ2n) is 10.3. The van der Waals surface area contributed by atoms with E-state index in [0.717, 1.165) is 30.1 Å². The second-order valence-corrected chi connectivity index (χ2v) is 10.3. The van der Waals surface area contributed by atoms with E-state index in [1.54, 1.807) is 0 Å². The maximum atomic E-state index is 11.5. The molecule has 0 aromatic rings. The lowest BCUT2D eigenvalue weighted by atomic mass is 9.49. The topological polar surface area (TPSA) is 26.3 Å². The van der Waals surface area contributed by atoms with Crippen LogP contribution in [-0.4, -0.2) is 13.1 Å². The van der Waals surface area contributed by atoms with Crippen molar-refractivity contribution in [3.8, 4) is 0 Å². The summed E-state index contributed by atoms with van der Waals surface area (Å²) in [5.74, 6) is 3.47. The number of fused-ring (bicyclic) bond motifs is 5. The van der Waals surface area contributed by atoms with Crippen molar-refractivity contribution in [1.82, 2.24) is 0 Å². The van der Waals surface area contributed by atoms with E-state index in [4.69, 9.17) is 4.74 Å². The average molecular weight is 359 g/mol. The third-order valence-electron chi connectivity index (χ3n) is 9.30. The molecule has 26 heavy (non-hydrogen) atoms. The number of carbonyl (C=O) groups is 1. The predicted octanol–water partition coefficient (Wildman–Crippen LogP) is 6.30. The summed E-state index contributed by atoms with van der Waals surface area (Å²) >= 11 is 0. The number of carbonyl (C=O) groups excluding carboxylic acids is 1. The minimum absolute atomic E-state index is 0.0425. The summed E-state index contributed by atoms with van der Waals surface area (Å²) in [4.78, 5) is 11.5. The van der Waals surface area contributed by atoms with Gasteiger partial charge in [-0.1, -0.05) is 38.3 Å². The number of allylic oxidation sites excluding steroid dienone is 2. The fourth-order valence-electron chi connectivity index (χ4n) is 7.73. The van der Waals surface area contributed by atoms with Crippen LogP contribution in [0.2, 0.25) is 0 Å². The Bertz CT molecular complexity index is 579. The molecule has 6 atom stereocenters. The van der Waals surface area contributed by atoms with Gasteiger partial charge >= 0.3 is 5.97 Å². The highest BCUT2D eigenvalue weighted by molar-refractivity contribution is 5.68. The Morgan fingerprint density at radius 1 is 1.15 bits per heavy atom. The van der Waals surface area contributed by atoms with Crippen LogP contribution in [0.15, 0.2) is 11.6 Å². The van der Waals surface area contributed by atoms with Crippen LogP contribution in [-0.2, 0) is 9.53 Å². The molecule has 0 radical (unpaired) electrons. The van der Waals surface area contributed by atoms with E-state index in [9.17, 15) is 4.79 Å². The SMILES string of the molecule is COC(=O)CCCC1CCC2C3CCC4CCCCC4(C)C3=CCC12C. The number of methoxy groups -OCH3 is 1. The molecule has 0 heterocycles. The quantitative estimate of drug-likeness (QED) is 0.435. The van der Waals surface area contributed by atoms with E-state index < -0.39 is 0 Å². The predicted molar refractivity (Wildman–Crippen MR) is 106 cm³/mol. The van der Waals surface area contributed by atoms with Crippen molar-refractivity contribution >= 4 is 5.97 Å². The van der Waals surface area contributed by atoms with Gasteiger partial charge in [0.25, 0.3) is 0 Å². The normalized spacial score (nSPS) is 44.5. The molecule has 0 bridgehead atoms. The van der Waals surface area contributed by atoms with Gasteiger partial charge in [-0.3, -0.25) is 4.79 Å². The lowest BCUT2D eigenvalue weighted by Gasteiger charge is -2.56. The van der Waals surface area contributed by atoms with Crippen molar-refractivity contribution in [2.75, 3.05) is 7.11 Å². The highest BCUT2D eigenvalue weighted by Gasteiger charge is 2.56. The van der Waals surface area contributed by atoms with Crippen molar-refractivity contribution in [1.29, 1.82) is 0 Å². The Morgan fingerprint density at radius 3 is 2.81 bits per heavy atom. The molecule has 0 amide bonds. The fourth-order valence-corrected chi connectivity index (χ4v) is 7.73. The van der Waals surface area contributed by atoms with Gasteiger partial charge < -0.3 is 4.74 Å². The largest absolute Gasteiger partial charge is 0.469 e. The summed E-state index contributed by atoms with van der Waals surface area (Å²) < 4.78 is 4.83. The molecular weight excluding hydrogens is 320 g/mol. The smallest absolute Gasteiger partial charge is 0.305 e. The first-order valence-corrected chi connectivity index (χ1v) is 11.3. The molecule has 146 valence electrons. The van der Waals surface area contributed by atoms with Crippen LogP contribution in [0.5, 0.6) is 0 Å². The first kappa shape index (κ1) is 18.6. The zero-order chi connectivity index (χ0) is 18.4. The van der Waals surface area contributed by atoms with E-state index in [0.29, 0.717) is 17.3 Å². The van der Waals surface area contributed by atoms with Crippen LogP contribution < -0.4 is 0 Å². The van der Waals surface area contributed by atoms with Crippen LogP contribution >= 0.6 is 0 Å². The molecule has 0 N–H and O–H groups in total. The molecular formula is C24H38O2. The molecule has 4 aliphatic carbocycles. The van der Waals surface area contributed by atoms with Gasteiger partial charge in [0.15, 0.2) is 0 Å². The summed E-state index contributed by atoms with van der Waals surface area (Å²) in [6.07, 6.45) is 18.3. The number of ether oxygens (including phenoxy) is 1. The van der Waals surface area contributed by atoms with E-state index in [-0.39, 0.29) is 5.97 Å². The molecule has 3 fully saturated rings. The Morgan fingerprint density at radius 2 is 2.00 bits per heavy atom. The summed E-state index contributed by atoms with van der Waals surface area (Å²) in [7, 11) is 1.50. The molecule has 6 unspecified atom stereocenters. The van der Waals surface area contributed by atoms with Crippen molar-refractivity contribution < 1.29 is 9.53 Å². The highest BCUT2D eigenvalue weighted by Crippen LogP contribution is 2.65. The van der Waals surface area contributed by atoms with Gasteiger partial charge in [-0.25, -0.2) is 0 Å². The Labute approximate surface area is 160 Å². The van der Waals surface area contributed by atoms with Gasteiger partial charge in [0.1, 0.15) is 0 Å². The van der Waals surface area contributed by atoms with Crippen molar-refractivity contribution in [3.63, 3.8) is 0 Å². The van der Waals surface area contributed by atoms with E-state index in [1.165, 1.54) is 71.3 Å². The second kappa shape index (κ2) is 6.99. The molecule has 2 nitrogen and oxygen atoms in total. The van der Waals surface area contributed by atoms with Crippen LogP contribution in [0.25, 0.3) is 0 Å². The number of hydrogen-bond donors (Lipinski definition) is 0.